The first-order chi connectivity index (χ1) is 12.8. The van der Waals surface area contributed by atoms with Gasteiger partial charge in [-0.3, -0.25) is 4.98 Å². The van der Waals surface area contributed by atoms with Crippen LogP contribution in [0.4, 0.5) is 17.3 Å². The third-order valence-electron chi connectivity index (χ3n) is 4.46. The molecule has 4 rings (SSSR count). The molecular weight excluding hydrogens is 326 g/mol. The molecule has 26 heavy (non-hydrogen) atoms. The molecule has 0 spiro atoms. The van der Waals surface area contributed by atoms with Gasteiger partial charge in [-0.25, -0.2) is 9.97 Å². The molecule has 1 aliphatic rings. The summed E-state index contributed by atoms with van der Waals surface area (Å²) in [5, 5.41) is 3.35. The second kappa shape index (κ2) is 7.49. The molecule has 1 N–H and O–H groups in total. The summed E-state index contributed by atoms with van der Waals surface area (Å²) < 4.78 is 5.33. The number of benzene rings is 1. The van der Waals surface area contributed by atoms with Crippen LogP contribution in [0.15, 0.2) is 60.9 Å². The SMILES string of the molecule is COC[C@H](Nc1ncc2c(n1)CCN2c1ccccc1)c1ccccn1. The first-order valence-corrected chi connectivity index (χ1v) is 8.70. The molecular formula is C20H21N5O. The fourth-order valence-electron chi connectivity index (χ4n) is 3.21. The van der Waals surface area contributed by atoms with Gasteiger partial charge in [-0.05, 0) is 24.3 Å². The van der Waals surface area contributed by atoms with E-state index in [1.54, 1.807) is 13.3 Å². The first kappa shape index (κ1) is 16.5. The second-order valence-electron chi connectivity index (χ2n) is 6.17. The van der Waals surface area contributed by atoms with Gasteiger partial charge in [-0.1, -0.05) is 24.3 Å². The summed E-state index contributed by atoms with van der Waals surface area (Å²) in [6, 6.07) is 16.1. The highest BCUT2D eigenvalue weighted by Gasteiger charge is 2.23. The minimum atomic E-state index is -0.0918. The lowest BCUT2D eigenvalue weighted by Crippen LogP contribution is -2.19. The van der Waals surface area contributed by atoms with Crippen molar-refractivity contribution < 1.29 is 4.74 Å². The summed E-state index contributed by atoms with van der Waals surface area (Å²) in [5.74, 6) is 0.603. The Hall–Kier alpha value is -2.99. The van der Waals surface area contributed by atoms with Crippen LogP contribution in [-0.2, 0) is 11.2 Å². The molecule has 3 heterocycles. The Bertz CT molecular complexity index is 857. The van der Waals surface area contributed by atoms with E-state index in [1.165, 1.54) is 5.69 Å². The maximum Gasteiger partial charge on any atom is 0.223 e. The molecule has 1 aliphatic heterocycles. The van der Waals surface area contributed by atoms with Crippen molar-refractivity contribution in [2.24, 2.45) is 0 Å². The molecule has 0 saturated heterocycles. The Morgan fingerprint density at radius 3 is 2.73 bits per heavy atom. The van der Waals surface area contributed by atoms with Gasteiger partial charge in [-0.2, -0.15) is 0 Å². The van der Waals surface area contributed by atoms with Crippen LogP contribution in [-0.4, -0.2) is 35.2 Å². The molecule has 6 nitrogen and oxygen atoms in total. The number of aromatic nitrogens is 3. The third-order valence-corrected chi connectivity index (χ3v) is 4.46. The van der Waals surface area contributed by atoms with Crippen molar-refractivity contribution in [3.05, 3.63) is 72.3 Å². The highest BCUT2D eigenvalue weighted by molar-refractivity contribution is 5.68. The smallest absolute Gasteiger partial charge is 0.223 e. The average Bonchev–Trinajstić information content (AvgIpc) is 3.12. The molecule has 0 amide bonds. The molecule has 6 heteroatoms. The van der Waals surface area contributed by atoms with Gasteiger partial charge in [0, 0.05) is 32.0 Å². The summed E-state index contributed by atoms with van der Waals surface area (Å²) in [6.07, 6.45) is 4.58. The molecule has 3 aromatic rings. The number of para-hydroxylation sites is 1. The number of fused-ring (bicyclic) bond motifs is 1. The quantitative estimate of drug-likeness (QED) is 0.738. The lowest BCUT2D eigenvalue weighted by atomic mass is 10.2. The van der Waals surface area contributed by atoms with E-state index in [0.717, 1.165) is 30.0 Å². The molecule has 0 fully saturated rings. The van der Waals surface area contributed by atoms with Crippen molar-refractivity contribution in [3.63, 3.8) is 0 Å². The standard InChI is InChI=1S/C20H21N5O/c1-26-14-18(16-9-5-6-11-21-16)24-20-22-13-19-17(23-20)10-12-25(19)15-7-3-2-4-8-15/h2-9,11,13,18H,10,12,14H2,1H3,(H,22,23,24)/t18-/m0/s1. The lowest BCUT2D eigenvalue weighted by Gasteiger charge is -2.20. The fraction of sp³-hybridized carbons (Fsp3) is 0.250. The lowest BCUT2D eigenvalue weighted by molar-refractivity contribution is 0.185. The molecule has 0 radical (unpaired) electrons. The van der Waals surface area contributed by atoms with Gasteiger partial charge in [0.1, 0.15) is 0 Å². The van der Waals surface area contributed by atoms with E-state index < -0.39 is 0 Å². The predicted octanol–water partition coefficient (Wildman–Crippen LogP) is 3.37. The largest absolute Gasteiger partial charge is 0.382 e. The highest BCUT2D eigenvalue weighted by atomic mass is 16.5. The molecule has 132 valence electrons. The second-order valence-corrected chi connectivity index (χ2v) is 6.17. The van der Waals surface area contributed by atoms with Crippen molar-refractivity contribution in [2.75, 3.05) is 30.5 Å². The number of hydrogen-bond acceptors (Lipinski definition) is 6. The number of nitrogens with one attached hydrogen (secondary N) is 1. The van der Waals surface area contributed by atoms with E-state index in [1.807, 2.05) is 42.6 Å². The van der Waals surface area contributed by atoms with Crippen LogP contribution >= 0.6 is 0 Å². The molecule has 0 saturated carbocycles. The zero-order valence-corrected chi connectivity index (χ0v) is 14.7. The maximum absolute atomic E-state index is 5.33. The predicted molar refractivity (Wildman–Crippen MR) is 102 cm³/mol. The summed E-state index contributed by atoms with van der Waals surface area (Å²) in [5.41, 5.74) is 4.21. The Kier molecular flexibility index (Phi) is 4.75. The molecule has 1 atom stereocenters. The van der Waals surface area contributed by atoms with Crippen molar-refractivity contribution in [1.29, 1.82) is 0 Å². The van der Waals surface area contributed by atoms with Gasteiger partial charge in [0.05, 0.1) is 35.9 Å². The van der Waals surface area contributed by atoms with Crippen LogP contribution in [0.25, 0.3) is 0 Å². The van der Waals surface area contributed by atoms with Crippen LogP contribution in [0.1, 0.15) is 17.4 Å². The number of nitrogens with zero attached hydrogens (tertiary/aromatic N) is 4. The Balaban J connectivity index is 1.56. The first-order valence-electron chi connectivity index (χ1n) is 8.70. The Labute approximate surface area is 152 Å². The molecule has 0 unspecified atom stereocenters. The number of hydrogen-bond donors (Lipinski definition) is 1. The van der Waals surface area contributed by atoms with Crippen molar-refractivity contribution in [3.8, 4) is 0 Å². The van der Waals surface area contributed by atoms with Crippen LogP contribution in [0.3, 0.4) is 0 Å². The van der Waals surface area contributed by atoms with Gasteiger partial charge < -0.3 is 15.0 Å². The van der Waals surface area contributed by atoms with Gasteiger partial charge >= 0.3 is 0 Å². The van der Waals surface area contributed by atoms with E-state index in [-0.39, 0.29) is 6.04 Å². The fourth-order valence-corrected chi connectivity index (χ4v) is 3.21. The monoisotopic (exact) mass is 347 g/mol. The summed E-state index contributed by atoms with van der Waals surface area (Å²) in [6.45, 7) is 1.41. The van der Waals surface area contributed by atoms with Crippen molar-refractivity contribution in [2.45, 2.75) is 12.5 Å². The summed E-state index contributed by atoms with van der Waals surface area (Å²) >= 11 is 0. The maximum atomic E-state index is 5.33. The zero-order chi connectivity index (χ0) is 17.8. The van der Waals surface area contributed by atoms with Gasteiger partial charge in [0.15, 0.2) is 0 Å². The number of rotatable bonds is 6. The van der Waals surface area contributed by atoms with E-state index in [9.17, 15) is 0 Å². The van der Waals surface area contributed by atoms with E-state index in [2.05, 4.69) is 32.3 Å². The van der Waals surface area contributed by atoms with Crippen molar-refractivity contribution in [1.82, 2.24) is 15.0 Å². The minimum Gasteiger partial charge on any atom is -0.382 e. The summed E-state index contributed by atoms with van der Waals surface area (Å²) in [7, 11) is 1.68. The van der Waals surface area contributed by atoms with Crippen LogP contribution in [0, 0.1) is 0 Å². The van der Waals surface area contributed by atoms with E-state index >= 15 is 0 Å². The van der Waals surface area contributed by atoms with Gasteiger partial charge in [-0.15, -0.1) is 0 Å². The van der Waals surface area contributed by atoms with E-state index in [0.29, 0.717) is 12.6 Å². The summed E-state index contributed by atoms with van der Waals surface area (Å²) in [4.78, 5) is 15.9. The number of ether oxygens (including phenoxy) is 1. The topological polar surface area (TPSA) is 63.2 Å². The zero-order valence-electron chi connectivity index (χ0n) is 14.7. The minimum absolute atomic E-state index is 0.0918. The number of anilines is 3. The molecule has 2 aromatic heterocycles. The molecule has 0 bridgehead atoms. The highest BCUT2D eigenvalue weighted by Crippen LogP contribution is 2.33. The third kappa shape index (κ3) is 3.36. The van der Waals surface area contributed by atoms with Crippen molar-refractivity contribution >= 4 is 17.3 Å². The van der Waals surface area contributed by atoms with Crippen LogP contribution in [0.5, 0.6) is 0 Å². The number of pyridine rings is 1. The number of methoxy groups -OCH3 is 1. The Morgan fingerprint density at radius 2 is 1.96 bits per heavy atom. The molecule has 1 aromatic carbocycles. The molecule has 0 aliphatic carbocycles. The normalized spacial score (nSPS) is 14.1. The average molecular weight is 347 g/mol. The van der Waals surface area contributed by atoms with Crippen LogP contribution < -0.4 is 10.2 Å². The van der Waals surface area contributed by atoms with Gasteiger partial charge in [0.25, 0.3) is 0 Å². The Morgan fingerprint density at radius 1 is 1.12 bits per heavy atom. The van der Waals surface area contributed by atoms with E-state index in [4.69, 9.17) is 9.72 Å². The van der Waals surface area contributed by atoms with Crippen LogP contribution in [0.2, 0.25) is 0 Å². The van der Waals surface area contributed by atoms with Gasteiger partial charge in [0.2, 0.25) is 5.95 Å².